The van der Waals surface area contributed by atoms with Crippen LogP contribution in [0.3, 0.4) is 0 Å². The summed E-state index contributed by atoms with van der Waals surface area (Å²) >= 11 is 1.77. The van der Waals surface area contributed by atoms with Crippen LogP contribution < -0.4 is 0 Å². The number of aromatic nitrogens is 5. The van der Waals surface area contributed by atoms with Crippen molar-refractivity contribution in [2.75, 3.05) is 0 Å². The van der Waals surface area contributed by atoms with Gasteiger partial charge in [-0.2, -0.15) is 9.97 Å². The molecule has 0 fully saturated rings. The molecule has 0 bridgehead atoms. The summed E-state index contributed by atoms with van der Waals surface area (Å²) in [5.74, 6) is 1.82. The first-order valence-corrected chi connectivity index (χ1v) is 21.4. The van der Waals surface area contributed by atoms with Crippen LogP contribution in [0.5, 0.6) is 0 Å². The first-order valence-electron chi connectivity index (χ1n) is 20.6. The van der Waals surface area contributed by atoms with Gasteiger partial charge in [0.2, 0.25) is 5.95 Å². The number of rotatable bonds is 6. The minimum atomic E-state index is -0.159. The van der Waals surface area contributed by atoms with E-state index in [-0.39, 0.29) is 5.41 Å². The molecular formula is C55H37N5S. The second-order valence-electron chi connectivity index (χ2n) is 16.3. The molecule has 0 unspecified atom stereocenters. The summed E-state index contributed by atoms with van der Waals surface area (Å²) in [6.45, 7) is 4.69. The van der Waals surface area contributed by atoms with Crippen molar-refractivity contribution in [2.45, 2.75) is 19.3 Å². The van der Waals surface area contributed by atoms with Gasteiger partial charge in [0.15, 0.2) is 11.6 Å². The summed E-state index contributed by atoms with van der Waals surface area (Å²) in [4.78, 5) is 20.7. The van der Waals surface area contributed by atoms with E-state index in [9.17, 15) is 0 Å². The summed E-state index contributed by atoms with van der Waals surface area (Å²) in [7, 11) is 0. The average Bonchev–Trinajstić information content (AvgIpc) is 3.97. The van der Waals surface area contributed by atoms with Gasteiger partial charge < -0.3 is 0 Å². The zero-order chi connectivity index (χ0) is 40.7. The van der Waals surface area contributed by atoms with Crippen molar-refractivity contribution in [3.8, 4) is 72.7 Å². The third-order valence-corrected chi connectivity index (χ3v) is 13.4. The van der Waals surface area contributed by atoms with Gasteiger partial charge in [0.1, 0.15) is 5.01 Å². The van der Waals surface area contributed by atoms with Gasteiger partial charge in [-0.05, 0) is 80.9 Å². The normalized spacial score (nSPS) is 12.9. The lowest BCUT2D eigenvalue weighted by Gasteiger charge is -2.22. The number of fused-ring (bicyclic) bond motifs is 7. The van der Waals surface area contributed by atoms with Gasteiger partial charge in [-0.15, -0.1) is 11.3 Å². The molecule has 0 atom stereocenters. The maximum absolute atomic E-state index is 5.22. The molecule has 12 rings (SSSR count). The van der Waals surface area contributed by atoms with Crippen LogP contribution in [0.4, 0.5) is 0 Å². The summed E-state index contributed by atoms with van der Waals surface area (Å²) < 4.78 is 3.39. The van der Waals surface area contributed by atoms with Crippen LogP contribution in [0.1, 0.15) is 25.0 Å². The molecule has 0 spiro atoms. The summed E-state index contributed by atoms with van der Waals surface area (Å²) in [6.07, 6.45) is 0. The lowest BCUT2D eigenvalue weighted by atomic mass is 9.81. The van der Waals surface area contributed by atoms with E-state index in [4.69, 9.17) is 19.9 Å². The van der Waals surface area contributed by atoms with Crippen molar-refractivity contribution in [3.05, 3.63) is 199 Å². The first-order chi connectivity index (χ1) is 30.0. The molecule has 0 saturated heterocycles. The number of thiazole rings is 1. The summed E-state index contributed by atoms with van der Waals surface area (Å²) in [6, 6.07) is 66.6. The van der Waals surface area contributed by atoms with Gasteiger partial charge in [-0.25, -0.2) is 9.97 Å². The maximum Gasteiger partial charge on any atom is 0.238 e. The Morgan fingerprint density at radius 3 is 1.67 bits per heavy atom. The number of hydrogen-bond acceptors (Lipinski definition) is 5. The molecule has 3 aromatic heterocycles. The molecule has 0 saturated carbocycles. The standard InChI is InChI=1S/C55H37N5S/c1-55(2)45-31-39(28-29-41(45)44-32-47-50(33-46(44)55)61-53(56-47)37-16-7-4-8-17-37)35-24-26-36(27-25-35)51-57-52(40-19-13-18-38(30-40)34-14-5-3-6-15-34)59-54(58-51)60-48-22-11-9-20-42(48)43-21-10-12-23-49(43)60/h3-33H,1-2H3. The zero-order valence-corrected chi connectivity index (χ0v) is 34.4. The maximum atomic E-state index is 5.22. The fraction of sp³-hybridized carbons (Fsp3) is 0.0545. The largest absolute Gasteiger partial charge is 0.278 e. The van der Waals surface area contributed by atoms with Crippen molar-refractivity contribution < 1.29 is 0 Å². The van der Waals surface area contributed by atoms with Crippen molar-refractivity contribution in [3.63, 3.8) is 0 Å². The average molecular weight is 800 g/mol. The predicted molar refractivity (Wildman–Crippen MR) is 252 cm³/mol. The Labute approximate surface area is 357 Å². The van der Waals surface area contributed by atoms with Crippen LogP contribution in [-0.2, 0) is 5.41 Å². The Balaban J connectivity index is 0.942. The van der Waals surface area contributed by atoms with E-state index < -0.39 is 0 Å². The molecule has 6 heteroatoms. The van der Waals surface area contributed by atoms with Crippen LogP contribution in [0.2, 0.25) is 0 Å². The Morgan fingerprint density at radius 1 is 0.410 bits per heavy atom. The van der Waals surface area contributed by atoms with Gasteiger partial charge in [0, 0.05) is 32.9 Å². The minimum absolute atomic E-state index is 0.159. The van der Waals surface area contributed by atoms with Gasteiger partial charge >= 0.3 is 0 Å². The van der Waals surface area contributed by atoms with Crippen LogP contribution in [0.25, 0.3) is 105 Å². The van der Waals surface area contributed by atoms with Crippen LogP contribution in [-0.4, -0.2) is 24.5 Å². The van der Waals surface area contributed by atoms with E-state index in [0.29, 0.717) is 17.6 Å². The number of benzene rings is 8. The Hall–Kier alpha value is -7.54. The van der Waals surface area contributed by atoms with E-state index in [1.54, 1.807) is 11.3 Å². The molecule has 3 heterocycles. The quantitative estimate of drug-likeness (QED) is 0.168. The molecule has 11 aromatic rings. The molecule has 61 heavy (non-hydrogen) atoms. The van der Waals surface area contributed by atoms with Crippen molar-refractivity contribution in [1.29, 1.82) is 0 Å². The van der Waals surface area contributed by atoms with Gasteiger partial charge in [-0.3, -0.25) is 4.57 Å². The molecule has 288 valence electrons. The molecule has 8 aromatic carbocycles. The first kappa shape index (κ1) is 35.4. The van der Waals surface area contributed by atoms with E-state index in [1.165, 1.54) is 32.5 Å². The topological polar surface area (TPSA) is 56.5 Å². The van der Waals surface area contributed by atoms with Gasteiger partial charge in [0.25, 0.3) is 0 Å². The molecule has 0 radical (unpaired) electrons. The van der Waals surface area contributed by atoms with E-state index >= 15 is 0 Å². The predicted octanol–water partition coefficient (Wildman–Crippen LogP) is 14.2. The highest BCUT2D eigenvalue weighted by atomic mass is 32.1. The molecule has 5 nitrogen and oxygen atoms in total. The Morgan fingerprint density at radius 2 is 0.951 bits per heavy atom. The monoisotopic (exact) mass is 799 g/mol. The van der Waals surface area contributed by atoms with Crippen molar-refractivity contribution >= 4 is 43.4 Å². The smallest absolute Gasteiger partial charge is 0.238 e. The van der Waals surface area contributed by atoms with Crippen LogP contribution >= 0.6 is 11.3 Å². The molecule has 0 N–H and O–H groups in total. The fourth-order valence-electron chi connectivity index (χ4n) is 9.18. The van der Waals surface area contributed by atoms with Crippen LogP contribution in [0.15, 0.2) is 188 Å². The molecule has 0 aliphatic heterocycles. The van der Waals surface area contributed by atoms with Gasteiger partial charge in [-0.1, -0.05) is 166 Å². The highest BCUT2D eigenvalue weighted by molar-refractivity contribution is 7.21. The third kappa shape index (κ3) is 5.82. The second kappa shape index (κ2) is 13.8. The molecule has 0 amide bonds. The minimum Gasteiger partial charge on any atom is -0.278 e. The summed E-state index contributed by atoms with van der Waals surface area (Å²) in [5, 5.41) is 3.38. The third-order valence-electron chi connectivity index (χ3n) is 12.3. The molecular weight excluding hydrogens is 763 g/mol. The lowest BCUT2D eigenvalue weighted by Crippen LogP contribution is -2.14. The number of hydrogen-bond donors (Lipinski definition) is 0. The van der Waals surface area contributed by atoms with Crippen molar-refractivity contribution in [1.82, 2.24) is 24.5 Å². The van der Waals surface area contributed by atoms with E-state index in [2.05, 4.69) is 200 Å². The van der Waals surface area contributed by atoms with Gasteiger partial charge in [0.05, 0.1) is 21.3 Å². The summed E-state index contributed by atoms with van der Waals surface area (Å²) in [5.41, 5.74) is 15.8. The van der Waals surface area contributed by atoms with E-state index in [0.717, 1.165) is 65.7 Å². The number of para-hydroxylation sites is 2. The Bertz CT molecular complexity index is 3440. The SMILES string of the molecule is CC1(C)c2cc(-c3ccc(-c4nc(-c5cccc(-c6ccccc6)c5)nc(-n5c6ccccc6c6ccccc65)n4)cc3)ccc2-c2cc3nc(-c4ccccc4)sc3cc21. The highest BCUT2D eigenvalue weighted by Crippen LogP contribution is 2.51. The lowest BCUT2D eigenvalue weighted by molar-refractivity contribution is 0.661. The number of nitrogens with zero attached hydrogens (tertiary/aromatic N) is 5. The van der Waals surface area contributed by atoms with Crippen molar-refractivity contribution in [2.24, 2.45) is 0 Å². The fourth-order valence-corrected chi connectivity index (χ4v) is 10.2. The molecule has 1 aliphatic rings. The Kier molecular flexibility index (Phi) is 7.99. The van der Waals surface area contributed by atoms with E-state index in [1.807, 2.05) is 6.07 Å². The second-order valence-corrected chi connectivity index (χ2v) is 17.3. The van der Waals surface area contributed by atoms with Crippen LogP contribution in [0, 0.1) is 0 Å². The highest BCUT2D eigenvalue weighted by Gasteiger charge is 2.36. The molecule has 1 aliphatic carbocycles. The zero-order valence-electron chi connectivity index (χ0n) is 33.5.